The van der Waals surface area contributed by atoms with E-state index in [0.29, 0.717) is 29.1 Å². The molecule has 106 valence electrons. The van der Waals surface area contributed by atoms with Crippen LogP contribution in [0.25, 0.3) is 0 Å². The Morgan fingerprint density at radius 2 is 2.16 bits per heavy atom. The fraction of sp³-hybridized carbons (Fsp3) is 0.429. The third kappa shape index (κ3) is 5.31. The van der Waals surface area contributed by atoms with Gasteiger partial charge in [-0.15, -0.1) is 0 Å². The van der Waals surface area contributed by atoms with Gasteiger partial charge in [0, 0.05) is 23.7 Å². The van der Waals surface area contributed by atoms with Crippen LogP contribution in [0.5, 0.6) is 11.5 Å². The molecule has 1 aromatic rings. The molecule has 1 rings (SSSR count). The quantitative estimate of drug-likeness (QED) is 0.829. The van der Waals surface area contributed by atoms with E-state index in [0.717, 1.165) is 5.56 Å². The molecule has 0 aromatic heterocycles. The predicted molar refractivity (Wildman–Crippen MR) is 80.3 cm³/mol. The van der Waals surface area contributed by atoms with Crippen molar-refractivity contribution in [3.63, 3.8) is 0 Å². The highest BCUT2D eigenvalue weighted by atomic mass is 35.5. The number of para-hydroxylation sites is 1. The van der Waals surface area contributed by atoms with Crippen molar-refractivity contribution in [2.24, 2.45) is 0 Å². The maximum atomic E-state index is 5.84. The maximum absolute atomic E-state index is 5.84. The van der Waals surface area contributed by atoms with E-state index >= 15 is 0 Å². The van der Waals surface area contributed by atoms with Crippen LogP contribution < -0.4 is 14.8 Å². The van der Waals surface area contributed by atoms with E-state index in [1.165, 1.54) is 5.54 Å². The van der Waals surface area contributed by atoms with Gasteiger partial charge in [0.25, 0.3) is 0 Å². The number of nitrogens with one attached hydrogen (secondary N) is 1. The van der Waals surface area contributed by atoms with Gasteiger partial charge in [0.15, 0.2) is 11.5 Å². The molecule has 0 unspecified atom stereocenters. The minimum Gasteiger partial charge on any atom is -0.493 e. The predicted octanol–water partition coefficient (Wildman–Crippen LogP) is 3.89. The van der Waals surface area contributed by atoms with Crippen molar-refractivity contribution in [3.8, 4) is 11.5 Å². The van der Waals surface area contributed by atoms with Crippen molar-refractivity contribution < 1.29 is 9.47 Å². The summed E-state index contributed by atoms with van der Waals surface area (Å²) in [4.78, 5) is 0. The lowest BCUT2D eigenvalue weighted by molar-refractivity contribution is 0.319. The Morgan fingerprint density at radius 1 is 1.42 bits per heavy atom. The Hall–Kier alpha value is -0.900. The lowest BCUT2D eigenvalue weighted by Gasteiger charge is -2.16. The SMILES string of the molecule is COc1cccc(CNC(C)C)c1OCC(Cl)=CCl. The fourth-order valence-corrected chi connectivity index (χ4v) is 1.63. The summed E-state index contributed by atoms with van der Waals surface area (Å²) >= 11 is 11.4. The lowest BCUT2D eigenvalue weighted by atomic mass is 10.1. The van der Waals surface area contributed by atoms with Gasteiger partial charge in [-0.1, -0.05) is 49.2 Å². The van der Waals surface area contributed by atoms with Crippen LogP contribution in [0.3, 0.4) is 0 Å². The second-order valence-electron chi connectivity index (χ2n) is 4.33. The Morgan fingerprint density at radius 3 is 2.74 bits per heavy atom. The number of methoxy groups -OCH3 is 1. The third-order valence-electron chi connectivity index (χ3n) is 2.45. The number of halogens is 2. The average Bonchev–Trinajstić information content (AvgIpc) is 2.42. The molecule has 0 saturated heterocycles. The highest BCUT2D eigenvalue weighted by molar-refractivity contribution is 6.36. The summed E-state index contributed by atoms with van der Waals surface area (Å²) in [7, 11) is 1.61. The maximum Gasteiger partial charge on any atom is 0.166 e. The van der Waals surface area contributed by atoms with Gasteiger partial charge >= 0.3 is 0 Å². The molecule has 0 saturated carbocycles. The molecular weight excluding hydrogens is 285 g/mol. The van der Waals surface area contributed by atoms with Crippen molar-refractivity contribution in [1.82, 2.24) is 5.32 Å². The summed E-state index contributed by atoms with van der Waals surface area (Å²) in [5.74, 6) is 1.37. The largest absolute Gasteiger partial charge is 0.493 e. The Balaban J connectivity index is 2.89. The van der Waals surface area contributed by atoms with Gasteiger partial charge in [-0.05, 0) is 6.07 Å². The van der Waals surface area contributed by atoms with Crippen LogP contribution in [0.15, 0.2) is 28.8 Å². The highest BCUT2D eigenvalue weighted by Crippen LogP contribution is 2.31. The first kappa shape index (κ1) is 16.2. The summed E-state index contributed by atoms with van der Waals surface area (Å²) < 4.78 is 11.0. The van der Waals surface area contributed by atoms with Crippen molar-refractivity contribution in [2.75, 3.05) is 13.7 Å². The van der Waals surface area contributed by atoms with Crippen molar-refractivity contribution in [1.29, 1.82) is 0 Å². The van der Waals surface area contributed by atoms with Crippen LogP contribution in [0.4, 0.5) is 0 Å². The summed E-state index contributed by atoms with van der Waals surface area (Å²) in [6.07, 6.45) is 0. The lowest BCUT2D eigenvalue weighted by Crippen LogP contribution is -2.22. The summed E-state index contributed by atoms with van der Waals surface area (Å²) in [6, 6.07) is 6.17. The Kier molecular flexibility index (Phi) is 7.06. The molecular formula is C14H19Cl2NO2. The Bertz CT molecular complexity index is 433. The van der Waals surface area contributed by atoms with Crippen LogP contribution in [-0.2, 0) is 6.54 Å². The van der Waals surface area contributed by atoms with Crippen molar-refractivity contribution in [3.05, 3.63) is 34.3 Å². The zero-order valence-corrected chi connectivity index (χ0v) is 12.9. The molecule has 0 heterocycles. The number of benzene rings is 1. The number of hydrogen-bond donors (Lipinski definition) is 1. The monoisotopic (exact) mass is 303 g/mol. The number of hydrogen-bond acceptors (Lipinski definition) is 3. The first-order valence-electron chi connectivity index (χ1n) is 6.05. The molecule has 19 heavy (non-hydrogen) atoms. The third-order valence-corrected chi connectivity index (χ3v) is 3.05. The zero-order chi connectivity index (χ0) is 14.3. The van der Waals surface area contributed by atoms with Crippen molar-refractivity contribution >= 4 is 23.2 Å². The molecule has 1 N–H and O–H groups in total. The van der Waals surface area contributed by atoms with Gasteiger partial charge in [-0.3, -0.25) is 0 Å². The van der Waals surface area contributed by atoms with E-state index in [9.17, 15) is 0 Å². The second-order valence-corrected chi connectivity index (χ2v) is 5.03. The van der Waals surface area contributed by atoms with Crippen LogP contribution in [0.2, 0.25) is 0 Å². The van der Waals surface area contributed by atoms with Crippen molar-refractivity contribution in [2.45, 2.75) is 26.4 Å². The van der Waals surface area contributed by atoms with Gasteiger partial charge in [-0.2, -0.15) is 0 Å². The van der Waals surface area contributed by atoms with E-state index in [1.807, 2.05) is 18.2 Å². The zero-order valence-electron chi connectivity index (χ0n) is 11.4. The molecule has 0 spiro atoms. The summed E-state index contributed by atoms with van der Waals surface area (Å²) in [5, 5.41) is 3.79. The van der Waals surface area contributed by atoms with E-state index < -0.39 is 0 Å². The van der Waals surface area contributed by atoms with Crippen LogP contribution in [0.1, 0.15) is 19.4 Å². The molecule has 3 nitrogen and oxygen atoms in total. The molecule has 0 aliphatic rings. The van der Waals surface area contributed by atoms with Gasteiger partial charge < -0.3 is 14.8 Å². The molecule has 5 heteroatoms. The van der Waals surface area contributed by atoms with Crippen LogP contribution in [0, 0.1) is 0 Å². The van der Waals surface area contributed by atoms with Crippen LogP contribution >= 0.6 is 23.2 Å². The van der Waals surface area contributed by atoms with E-state index in [4.69, 9.17) is 32.7 Å². The first-order valence-corrected chi connectivity index (χ1v) is 6.86. The van der Waals surface area contributed by atoms with E-state index in [1.54, 1.807) is 7.11 Å². The molecule has 0 amide bonds. The molecule has 0 radical (unpaired) electrons. The van der Waals surface area contributed by atoms with E-state index in [2.05, 4.69) is 19.2 Å². The van der Waals surface area contributed by atoms with Gasteiger partial charge in [-0.25, -0.2) is 0 Å². The number of rotatable bonds is 7. The normalized spacial score (nSPS) is 11.8. The minimum absolute atomic E-state index is 0.222. The molecule has 1 aromatic carbocycles. The smallest absolute Gasteiger partial charge is 0.166 e. The number of ether oxygens (including phenoxy) is 2. The van der Waals surface area contributed by atoms with Crippen LogP contribution in [-0.4, -0.2) is 19.8 Å². The fourth-order valence-electron chi connectivity index (χ4n) is 1.51. The average molecular weight is 304 g/mol. The second kappa shape index (κ2) is 8.31. The van der Waals surface area contributed by atoms with E-state index in [-0.39, 0.29) is 6.61 Å². The standard InChI is InChI=1S/C14H19Cl2NO2/c1-10(2)17-8-11-5-4-6-13(18-3)14(11)19-9-12(16)7-15/h4-7,10,17H,8-9H2,1-3H3. The summed E-state index contributed by atoms with van der Waals surface area (Å²) in [5.41, 5.74) is 2.32. The molecule has 0 aliphatic carbocycles. The topological polar surface area (TPSA) is 30.5 Å². The summed E-state index contributed by atoms with van der Waals surface area (Å²) in [6.45, 7) is 5.11. The minimum atomic E-state index is 0.222. The molecule has 0 atom stereocenters. The Labute approximate surface area is 124 Å². The highest BCUT2D eigenvalue weighted by Gasteiger charge is 2.11. The first-order chi connectivity index (χ1) is 9.08. The molecule has 0 bridgehead atoms. The van der Waals surface area contributed by atoms with Gasteiger partial charge in [0.1, 0.15) is 6.61 Å². The molecule has 0 fully saturated rings. The van der Waals surface area contributed by atoms with Gasteiger partial charge in [0.2, 0.25) is 0 Å². The van der Waals surface area contributed by atoms with Gasteiger partial charge in [0.05, 0.1) is 12.1 Å². The molecule has 0 aliphatic heterocycles.